The number of methoxy groups -OCH3 is 1. The predicted molar refractivity (Wildman–Crippen MR) is 128 cm³/mol. The number of benzene rings is 2. The molecule has 0 aliphatic carbocycles. The summed E-state index contributed by atoms with van der Waals surface area (Å²) in [6.45, 7) is 9.49. The Bertz CT molecular complexity index is 1060. The fourth-order valence-electron chi connectivity index (χ4n) is 3.60. The smallest absolute Gasteiger partial charge is 0.222 e. The predicted octanol–water partition coefficient (Wildman–Crippen LogP) is 4.56. The van der Waals surface area contributed by atoms with E-state index in [2.05, 4.69) is 22.5 Å². The van der Waals surface area contributed by atoms with E-state index in [1.165, 1.54) is 0 Å². The normalized spacial score (nSPS) is 11.0. The van der Waals surface area contributed by atoms with Crippen LogP contribution in [0.1, 0.15) is 31.7 Å². The van der Waals surface area contributed by atoms with Crippen LogP contribution in [0.15, 0.2) is 55.1 Å². The highest BCUT2D eigenvalue weighted by Crippen LogP contribution is 2.28. The van der Waals surface area contributed by atoms with Gasteiger partial charge in [0.1, 0.15) is 5.82 Å². The van der Waals surface area contributed by atoms with Crippen molar-refractivity contribution in [2.75, 3.05) is 20.3 Å². The Morgan fingerprint density at radius 1 is 1.22 bits per heavy atom. The molecule has 1 heterocycles. The Hall–Kier alpha value is -3.28. The topological polar surface area (TPSA) is 65.4 Å². The van der Waals surface area contributed by atoms with Crippen LogP contribution >= 0.6 is 0 Å². The molecular formula is C26H33N3O3. The number of amides is 1. The van der Waals surface area contributed by atoms with Crippen LogP contribution in [0.3, 0.4) is 0 Å². The first-order valence-electron chi connectivity index (χ1n) is 11.2. The molecule has 2 aromatic carbocycles. The highest BCUT2D eigenvalue weighted by molar-refractivity contribution is 5.78. The fraction of sp³-hybridized carbons (Fsp3) is 0.385. The average Bonchev–Trinajstić information content (AvgIpc) is 3.14. The van der Waals surface area contributed by atoms with E-state index in [1.54, 1.807) is 7.11 Å². The quantitative estimate of drug-likeness (QED) is 0.335. The monoisotopic (exact) mass is 435 g/mol. The molecule has 1 aromatic heterocycles. The van der Waals surface area contributed by atoms with E-state index in [9.17, 15) is 4.79 Å². The van der Waals surface area contributed by atoms with Crippen LogP contribution in [0.2, 0.25) is 0 Å². The molecule has 0 aliphatic heterocycles. The van der Waals surface area contributed by atoms with Crippen LogP contribution < -0.4 is 14.8 Å². The van der Waals surface area contributed by atoms with E-state index in [-0.39, 0.29) is 11.8 Å². The third-order valence-corrected chi connectivity index (χ3v) is 5.30. The zero-order valence-electron chi connectivity index (χ0n) is 19.3. The molecule has 1 amide bonds. The summed E-state index contributed by atoms with van der Waals surface area (Å²) in [6.07, 6.45) is 4.18. The van der Waals surface area contributed by atoms with E-state index in [0.717, 1.165) is 53.3 Å². The maximum atomic E-state index is 11.9. The molecule has 32 heavy (non-hydrogen) atoms. The summed E-state index contributed by atoms with van der Waals surface area (Å²) in [6, 6.07) is 14.1. The van der Waals surface area contributed by atoms with E-state index >= 15 is 0 Å². The minimum atomic E-state index is -0.0196. The van der Waals surface area contributed by atoms with Gasteiger partial charge in [-0.2, -0.15) is 0 Å². The molecule has 170 valence electrons. The van der Waals surface area contributed by atoms with Gasteiger partial charge in [0.05, 0.1) is 24.8 Å². The van der Waals surface area contributed by atoms with Crippen molar-refractivity contribution in [2.45, 2.75) is 39.7 Å². The number of imidazole rings is 1. The SMILES string of the molecule is C=CCc1ccc(OCCCn2c(CCNC(=O)C(C)C)nc3ccccc32)c(OC)c1. The lowest BCUT2D eigenvalue weighted by molar-refractivity contribution is -0.123. The summed E-state index contributed by atoms with van der Waals surface area (Å²) in [5.74, 6) is 2.50. The number of rotatable bonds is 12. The summed E-state index contributed by atoms with van der Waals surface area (Å²) >= 11 is 0. The van der Waals surface area contributed by atoms with Gasteiger partial charge in [-0.05, 0) is 42.7 Å². The van der Waals surface area contributed by atoms with Gasteiger partial charge in [0, 0.05) is 25.4 Å². The molecule has 0 aliphatic rings. The number of para-hydroxylation sites is 2. The van der Waals surface area contributed by atoms with Crippen LogP contribution in [0.5, 0.6) is 11.5 Å². The summed E-state index contributed by atoms with van der Waals surface area (Å²) in [5, 5.41) is 2.98. The molecular weight excluding hydrogens is 402 g/mol. The third kappa shape index (κ3) is 5.90. The van der Waals surface area contributed by atoms with Crippen molar-refractivity contribution in [1.82, 2.24) is 14.9 Å². The van der Waals surface area contributed by atoms with Gasteiger partial charge in [-0.3, -0.25) is 4.79 Å². The second-order valence-electron chi connectivity index (χ2n) is 8.04. The number of hydrogen-bond acceptors (Lipinski definition) is 4. The van der Waals surface area contributed by atoms with Crippen LogP contribution in [-0.4, -0.2) is 35.7 Å². The maximum Gasteiger partial charge on any atom is 0.222 e. The second-order valence-corrected chi connectivity index (χ2v) is 8.04. The summed E-state index contributed by atoms with van der Waals surface area (Å²) in [7, 11) is 1.65. The number of nitrogens with zero attached hydrogens (tertiary/aromatic N) is 2. The minimum absolute atomic E-state index is 0.0196. The lowest BCUT2D eigenvalue weighted by Gasteiger charge is -2.13. The maximum absolute atomic E-state index is 11.9. The first-order valence-corrected chi connectivity index (χ1v) is 11.2. The van der Waals surface area contributed by atoms with E-state index in [4.69, 9.17) is 14.5 Å². The number of carbonyl (C=O) groups excluding carboxylic acids is 1. The van der Waals surface area contributed by atoms with Gasteiger partial charge in [-0.15, -0.1) is 6.58 Å². The minimum Gasteiger partial charge on any atom is -0.493 e. The first-order chi connectivity index (χ1) is 15.5. The molecule has 0 unspecified atom stereocenters. The highest BCUT2D eigenvalue weighted by atomic mass is 16.5. The van der Waals surface area contributed by atoms with Gasteiger partial charge < -0.3 is 19.4 Å². The largest absolute Gasteiger partial charge is 0.493 e. The number of nitrogens with one attached hydrogen (secondary N) is 1. The Morgan fingerprint density at radius 3 is 2.78 bits per heavy atom. The molecule has 1 N–H and O–H groups in total. The molecule has 0 bridgehead atoms. The summed E-state index contributed by atoms with van der Waals surface area (Å²) in [4.78, 5) is 16.7. The van der Waals surface area contributed by atoms with Crippen molar-refractivity contribution in [2.24, 2.45) is 5.92 Å². The Kier molecular flexibility index (Phi) is 8.31. The lowest BCUT2D eigenvalue weighted by atomic mass is 10.1. The van der Waals surface area contributed by atoms with Crippen molar-refractivity contribution < 1.29 is 14.3 Å². The zero-order valence-corrected chi connectivity index (χ0v) is 19.3. The Morgan fingerprint density at radius 2 is 2.03 bits per heavy atom. The number of allylic oxidation sites excluding steroid dienone is 1. The standard InChI is InChI=1S/C26H33N3O3/c1-5-9-20-12-13-23(24(18-20)31-4)32-17-8-16-29-22-11-7-6-10-21(22)28-25(29)14-15-27-26(30)19(2)3/h5-7,10-13,18-19H,1,8-9,14-17H2,2-4H3,(H,27,30). The van der Waals surface area contributed by atoms with Crippen molar-refractivity contribution in [1.29, 1.82) is 0 Å². The number of hydrogen-bond donors (Lipinski definition) is 1. The molecule has 0 spiro atoms. The van der Waals surface area contributed by atoms with Gasteiger partial charge in [0.25, 0.3) is 0 Å². The van der Waals surface area contributed by atoms with E-state index in [1.807, 2.05) is 56.3 Å². The first kappa shape index (κ1) is 23.4. The van der Waals surface area contributed by atoms with Crippen molar-refractivity contribution >= 4 is 16.9 Å². The number of aryl methyl sites for hydroxylation is 1. The molecule has 6 nitrogen and oxygen atoms in total. The van der Waals surface area contributed by atoms with Crippen LogP contribution in [-0.2, 0) is 24.2 Å². The van der Waals surface area contributed by atoms with E-state index < -0.39 is 0 Å². The molecule has 0 saturated carbocycles. The van der Waals surface area contributed by atoms with Gasteiger partial charge in [-0.1, -0.05) is 38.1 Å². The van der Waals surface area contributed by atoms with Crippen molar-refractivity contribution in [3.8, 4) is 11.5 Å². The number of fused-ring (bicyclic) bond motifs is 1. The molecule has 3 rings (SSSR count). The zero-order chi connectivity index (χ0) is 22.9. The van der Waals surface area contributed by atoms with Gasteiger partial charge in [-0.25, -0.2) is 4.98 Å². The molecule has 3 aromatic rings. The Balaban J connectivity index is 1.63. The summed E-state index contributed by atoms with van der Waals surface area (Å²) < 4.78 is 13.7. The van der Waals surface area contributed by atoms with Gasteiger partial charge in [0.15, 0.2) is 11.5 Å². The lowest BCUT2D eigenvalue weighted by Crippen LogP contribution is -2.30. The van der Waals surface area contributed by atoms with Crippen LogP contribution in [0.4, 0.5) is 0 Å². The Labute approximate surface area is 190 Å². The van der Waals surface area contributed by atoms with Crippen LogP contribution in [0.25, 0.3) is 11.0 Å². The number of ether oxygens (including phenoxy) is 2. The average molecular weight is 436 g/mol. The van der Waals surface area contributed by atoms with Crippen molar-refractivity contribution in [3.05, 3.63) is 66.5 Å². The number of aromatic nitrogens is 2. The fourth-order valence-corrected chi connectivity index (χ4v) is 3.60. The van der Waals surface area contributed by atoms with Crippen molar-refractivity contribution in [3.63, 3.8) is 0 Å². The van der Waals surface area contributed by atoms with E-state index in [0.29, 0.717) is 19.6 Å². The second kappa shape index (κ2) is 11.4. The molecule has 6 heteroatoms. The summed E-state index contributed by atoms with van der Waals surface area (Å²) in [5.41, 5.74) is 3.21. The van der Waals surface area contributed by atoms with Crippen LogP contribution in [0, 0.1) is 5.92 Å². The molecule has 0 radical (unpaired) electrons. The molecule has 0 atom stereocenters. The number of carbonyl (C=O) groups is 1. The van der Waals surface area contributed by atoms with Gasteiger partial charge in [0.2, 0.25) is 5.91 Å². The molecule has 0 saturated heterocycles. The molecule has 0 fully saturated rings. The van der Waals surface area contributed by atoms with Gasteiger partial charge >= 0.3 is 0 Å². The third-order valence-electron chi connectivity index (χ3n) is 5.30. The highest BCUT2D eigenvalue weighted by Gasteiger charge is 2.12.